The van der Waals surface area contributed by atoms with Crippen molar-refractivity contribution in [1.82, 2.24) is 15.0 Å². The molecular weight excluding hydrogens is 318 g/mol. The quantitative estimate of drug-likeness (QED) is 0.641. The molecule has 2 aliphatic rings. The Morgan fingerprint density at radius 2 is 2.05 bits per heavy atom. The summed E-state index contributed by atoms with van der Waals surface area (Å²) in [6.07, 6.45) is 3.06. The molecule has 2 atom stereocenters. The fraction of sp³-hybridized carbons (Fsp3) is 0.688. The van der Waals surface area contributed by atoms with E-state index in [4.69, 9.17) is 11.6 Å². The number of halogens is 1. The van der Waals surface area contributed by atoms with Crippen molar-refractivity contribution in [2.45, 2.75) is 50.8 Å². The van der Waals surface area contributed by atoms with Gasteiger partial charge in [-0.1, -0.05) is 17.7 Å². The molecule has 1 unspecified atom stereocenters. The summed E-state index contributed by atoms with van der Waals surface area (Å²) in [5, 5.41) is 3.97. The predicted molar refractivity (Wildman–Crippen MR) is 91.3 cm³/mol. The van der Waals surface area contributed by atoms with Gasteiger partial charge >= 0.3 is 0 Å². The average Bonchev–Trinajstić information content (AvgIpc) is 2.71. The number of pyridine rings is 1. The van der Waals surface area contributed by atoms with E-state index in [0.29, 0.717) is 5.15 Å². The van der Waals surface area contributed by atoms with Crippen LogP contribution in [0.2, 0.25) is 5.15 Å². The Hall–Kier alpha value is -0.330. The van der Waals surface area contributed by atoms with Crippen LogP contribution in [0, 0.1) is 5.41 Å². The molecule has 1 aliphatic heterocycles. The highest BCUT2D eigenvalue weighted by atomic mass is 35.5. The molecule has 1 aromatic rings. The fourth-order valence-corrected chi connectivity index (χ4v) is 4.63. The first-order chi connectivity index (χ1) is 10.3. The molecule has 0 saturated carbocycles. The summed E-state index contributed by atoms with van der Waals surface area (Å²) >= 11 is 4.97. The Bertz CT molecular complexity index is 555. The molecule has 22 heavy (non-hydrogen) atoms. The molecule has 1 saturated heterocycles. The minimum atomic E-state index is -1.10. The first-order valence-corrected chi connectivity index (χ1v) is 9.39. The van der Waals surface area contributed by atoms with Gasteiger partial charge in [0.25, 0.3) is 0 Å². The lowest BCUT2D eigenvalue weighted by atomic mass is 9.74. The van der Waals surface area contributed by atoms with Crippen molar-refractivity contribution in [2.75, 3.05) is 13.1 Å². The molecule has 0 amide bonds. The van der Waals surface area contributed by atoms with Gasteiger partial charge in [-0.05, 0) is 64.8 Å². The molecule has 2 N–H and O–H groups in total. The maximum atomic E-state index is 12.7. The molecule has 1 aromatic heterocycles. The van der Waals surface area contributed by atoms with E-state index < -0.39 is 11.4 Å². The van der Waals surface area contributed by atoms with Crippen molar-refractivity contribution >= 4 is 23.0 Å². The highest BCUT2D eigenvalue weighted by molar-refractivity contribution is 7.90. The molecule has 1 spiro atoms. The maximum absolute atomic E-state index is 12.7. The second kappa shape index (κ2) is 5.95. The number of piperidine rings is 1. The third-order valence-electron chi connectivity index (χ3n) is 4.80. The molecule has 3 rings (SSSR count). The van der Waals surface area contributed by atoms with Gasteiger partial charge in [-0.2, -0.15) is 0 Å². The number of rotatable bonds is 2. The van der Waals surface area contributed by atoms with Crippen molar-refractivity contribution in [3.63, 3.8) is 0 Å². The van der Waals surface area contributed by atoms with E-state index in [2.05, 4.69) is 21.1 Å². The SMILES string of the molecule is CC(C)(C)[S+]([O-])N[C@@H]1c2ccc(Cl)nc2CC12CCNCC2. The first-order valence-electron chi connectivity index (χ1n) is 7.86. The zero-order valence-corrected chi connectivity index (χ0v) is 15.0. The summed E-state index contributed by atoms with van der Waals surface area (Å²) in [4.78, 5) is 4.53. The lowest BCUT2D eigenvalue weighted by molar-refractivity contribution is 0.163. The van der Waals surface area contributed by atoms with E-state index in [1.807, 2.05) is 26.8 Å². The van der Waals surface area contributed by atoms with Crippen molar-refractivity contribution in [2.24, 2.45) is 5.41 Å². The van der Waals surface area contributed by atoms with Gasteiger partial charge in [-0.15, -0.1) is 4.72 Å². The Balaban J connectivity index is 1.94. The van der Waals surface area contributed by atoms with Crippen LogP contribution < -0.4 is 10.0 Å². The Kier molecular flexibility index (Phi) is 4.47. The predicted octanol–water partition coefficient (Wildman–Crippen LogP) is 2.75. The van der Waals surface area contributed by atoms with Crippen LogP contribution in [0.25, 0.3) is 0 Å². The van der Waals surface area contributed by atoms with E-state index in [-0.39, 0.29) is 16.2 Å². The number of hydrogen-bond acceptors (Lipinski definition) is 4. The molecule has 1 aliphatic carbocycles. The minimum Gasteiger partial charge on any atom is -0.598 e. The zero-order valence-electron chi connectivity index (χ0n) is 13.4. The normalized spacial score (nSPS) is 25.2. The third kappa shape index (κ3) is 3.02. The average molecular weight is 342 g/mol. The largest absolute Gasteiger partial charge is 0.598 e. The van der Waals surface area contributed by atoms with Gasteiger partial charge in [-0.3, -0.25) is 0 Å². The number of aromatic nitrogens is 1. The third-order valence-corrected chi connectivity index (χ3v) is 6.57. The summed E-state index contributed by atoms with van der Waals surface area (Å²) in [6.45, 7) is 8.01. The van der Waals surface area contributed by atoms with Gasteiger partial charge in [0, 0.05) is 22.5 Å². The van der Waals surface area contributed by atoms with Crippen LogP contribution in [0.1, 0.15) is 50.9 Å². The van der Waals surface area contributed by atoms with Gasteiger partial charge in [0.05, 0.1) is 6.04 Å². The summed E-state index contributed by atoms with van der Waals surface area (Å²) in [5.41, 5.74) is 2.34. The van der Waals surface area contributed by atoms with Crippen LogP contribution in [0.15, 0.2) is 12.1 Å². The van der Waals surface area contributed by atoms with Gasteiger partial charge in [0.1, 0.15) is 9.90 Å². The smallest absolute Gasteiger partial charge is 0.136 e. The Labute approximate surface area is 140 Å². The fourth-order valence-electron chi connectivity index (χ4n) is 3.52. The molecular formula is C16H24ClN3OS. The first kappa shape index (κ1) is 16.5. The minimum absolute atomic E-state index is 0.0921. The summed E-state index contributed by atoms with van der Waals surface area (Å²) in [7, 11) is 0. The monoisotopic (exact) mass is 341 g/mol. The topological polar surface area (TPSA) is 60.0 Å². The lowest BCUT2D eigenvalue weighted by Gasteiger charge is -2.40. The number of fused-ring (bicyclic) bond motifs is 1. The highest BCUT2D eigenvalue weighted by Crippen LogP contribution is 2.51. The molecule has 4 nitrogen and oxygen atoms in total. The van der Waals surface area contributed by atoms with Crippen LogP contribution in [-0.2, 0) is 17.8 Å². The molecule has 1 fully saturated rings. The maximum Gasteiger partial charge on any atom is 0.136 e. The van der Waals surface area contributed by atoms with Gasteiger partial charge < -0.3 is 9.87 Å². The standard InChI is InChI=1S/C16H24ClN3OS/c1-15(2,3)22(21)20-14-11-4-5-13(17)19-12(11)10-16(14)6-8-18-9-7-16/h4-5,14,18,20H,6-10H2,1-3H3/t14-,22?/m1/s1. The second-order valence-corrected chi connectivity index (χ2v) is 9.78. The molecule has 0 radical (unpaired) electrons. The van der Waals surface area contributed by atoms with Crippen LogP contribution in [-0.4, -0.2) is 27.4 Å². The van der Waals surface area contributed by atoms with Crippen LogP contribution in [0.5, 0.6) is 0 Å². The molecule has 0 bridgehead atoms. The second-order valence-electron chi connectivity index (χ2n) is 7.39. The van der Waals surface area contributed by atoms with Gasteiger partial charge in [-0.25, -0.2) is 4.98 Å². The Morgan fingerprint density at radius 3 is 2.68 bits per heavy atom. The molecule has 2 heterocycles. The van der Waals surface area contributed by atoms with E-state index in [1.54, 1.807) is 0 Å². The summed E-state index contributed by atoms with van der Waals surface area (Å²) in [5.74, 6) is 0. The Morgan fingerprint density at radius 1 is 1.36 bits per heavy atom. The zero-order chi connectivity index (χ0) is 16.0. The summed E-state index contributed by atoms with van der Waals surface area (Å²) < 4.78 is 15.8. The van der Waals surface area contributed by atoms with Crippen molar-refractivity contribution in [1.29, 1.82) is 0 Å². The lowest BCUT2D eigenvalue weighted by Crippen LogP contribution is -2.48. The van der Waals surface area contributed by atoms with Gasteiger partial charge in [0.2, 0.25) is 0 Å². The van der Waals surface area contributed by atoms with Crippen LogP contribution in [0.4, 0.5) is 0 Å². The molecule has 0 aromatic carbocycles. The van der Waals surface area contributed by atoms with Gasteiger partial charge in [0.15, 0.2) is 0 Å². The van der Waals surface area contributed by atoms with Crippen LogP contribution in [0.3, 0.4) is 0 Å². The van der Waals surface area contributed by atoms with Crippen molar-refractivity contribution in [3.8, 4) is 0 Å². The summed E-state index contributed by atoms with van der Waals surface area (Å²) in [6, 6.07) is 3.99. The van der Waals surface area contributed by atoms with E-state index >= 15 is 0 Å². The van der Waals surface area contributed by atoms with Crippen molar-refractivity contribution in [3.05, 3.63) is 28.5 Å². The van der Waals surface area contributed by atoms with Crippen LogP contribution >= 0.6 is 11.6 Å². The molecule has 122 valence electrons. The van der Waals surface area contributed by atoms with E-state index in [9.17, 15) is 4.55 Å². The highest BCUT2D eigenvalue weighted by Gasteiger charge is 2.50. The van der Waals surface area contributed by atoms with E-state index in [1.165, 1.54) is 5.56 Å². The number of nitrogens with one attached hydrogen (secondary N) is 2. The number of hydrogen-bond donors (Lipinski definition) is 2. The molecule has 6 heteroatoms. The van der Waals surface area contributed by atoms with E-state index in [0.717, 1.165) is 38.0 Å². The van der Waals surface area contributed by atoms with Crippen molar-refractivity contribution < 1.29 is 4.55 Å². The number of nitrogens with zero attached hydrogens (tertiary/aromatic N) is 1.